The maximum absolute atomic E-state index is 12.5. The number of carbonyl (C=O) groups excluding carboxylic acids is 2. The first-order valence-electron chi connectivity index (χ1n) is 8.47. The van der Waals surface area contributed by atoms with Crippen LogP contribution in [0, 0.1) is 19.8 Å². The average Bonchev–Trinajstić information content (AvgIpc) is 2.47. The normalized spacial score (nSPS) is 16.0. The topological polar surface area (TPSA) is 40.6 Å². The van der Waals surface area contributed by atoms with Gasteiger partial charge in [-0.1, -0.05) is 37.6 Å². The Morgan fingerprint density at radius 2 is 1.74 bits per heavy atom. The van der Waals surface area contributed by atoms with Crippen LogP contribution in [0.5, 0.6) is 0 Å². The molecule has 0 radical (unpaired) electrons. The number of rotatable bonds is 5. The molecule has 23 heavy (non-hydrogen) atoms. The second-order valence-electron chi connectivity index (χ2n) is 7.00. The standard InChI is InChI=1S/C19H28N2O2/c1-14(2)11-19(23)21-9-7-20(8-10-21)13-18(22)17-6-5-15(3)12-16(17)4/h5-6,12,14H,7-11,13H2,1-4H3. The monoisotopic (exact) mass is 316 g/mol. The van der Waals surface area contributed by atoms with Gasteiger partial charge in [-0.3, -0.25) is 14.5 Å². The molecule has 4 heteroatoms. The first-order valence-corrected chi connectivity index (χ1v) is 8.47. The molecular weight excluding hydrogens is 288 g/mol. The van der Waals surface area contributed by atoms with Crippen LogP contribution >= 0.6 is 0 Å². The number of amides is 1. The van der Waals surface area contributed by atoms with Gasteiger partial charge >= 0.3 is 0 Å². The van der Waals surface area contributed by atoms with Gasteiger partial charge in [0, 0.05) is 38.2 Å². The highest BCUT2D eigenvalue weighted by Gasteiger charge is 2.23. The van der Waals surface area contributed by atoms with Crippen molar-refractivity contribution >= 4 is 11.7 Å². The molecule has 1 amide bonds. The lowest BCUT2D eigenvalue weighted by Gasteiger charge is -2.34. The van der Waals surface area contributed by atoms with Gasteiger partial charge in [-0.25, -0.2) is 0 Å². The molecule has 0 aromatic heterocycles. The summed E-state index contributed by atoms with van der Waals surface area (Å²) in [5.41, 5.74) is 3.03. The van der Waals surface area contributed by atoms with E-state index in [4.69, 9.17) is 0 Å². The van der Waals surface area contributed by atoms with E-state index in [0.717, 1.165) is 37.3 Å². The van der Waals surface area contributed by atoms with E-state index < -0.39 is 0 Å². The molecule has 4 nitrogen and oxygen atoms in total. The van der Waals surface area contributed by atoms with Crippen molar-refractivity contribution in [2.75, 3.05) is 32.7 Å². The van der Waals surface area contributed by atoms with Crippen LogP contribution in [0.1, 0.15) is 41.8 Å². The number of aryl methyl sites for hydroxylation is 2. The fourth-order valence-corrected chi connectivity index (χ4v) is 3.05. The first kappa shape index (κ1) is 17.7. The highest BCUT2D eigenvalue weighted by atomic mass is 16.2. The predicted octanol–water partition coefficient (Wildman–Crippen LogP) is 2.68. The Morgan fingerprint density at radius 1 is 1.09 bits per heavy atom. The van der Waals surface area contributed by atoms with Crippen LogP contribution in [-0.2, 0) is 4.79 Å². The van der Waals surface area contributed by atoms with Crippen LogP contribution in [0.2, 0.25) is 0 Å². The number of piperazine rings is 1. The van der Waals surface area contributed by atoms with E-state index in [1.54, 1.807) is 0 Å². The van der Waals surface area contributed by atoms with Crippen LogP contribution in [-0.4, -0.2) is 54.2 Å². The fraction of sp³-hybridized carbons (Fsp3) is 0.579. The summed E-state index contributed by atoms with van der Waals surface area (Å²) in [5.74, 6) is 0.802. The molecule has 126 valence electrons. The molecule has 1 aliphatic heterocycles. The minimum atomic E-state index is 0.171. The number of ketones is 1. The van der Waals surface area contributed by atoms with Gasteiger partial charge in [-0.05, 0) is 25.3 Å². The lowest BCUT2D eigenvalue weighted by Crippen LogP contribution is -2.50. The number of carbonyl (C=O) groups is 2. The summed E-state index contributed by atoms with van der Waals surface area (Å²) in [6.45, 7) is 11.6. The van der Waals surface area contributed by atoms with E-state index in [1.807, 2.05) is 30.9 Å². The average molecular weight is 316 g/mol. The summed E-state index contributed by atoms with van der Waals surface area (Å²) >= 11 is 0. The minimum absolute atomic E-state index is 0.171. The van der Waals surface area contributed by atoms with Crippen molar-refractivity contribution in [2.24, 2.45) is 5.92 Å². The Bertz CT molecular complexity index is 573. The second-order valence-corrected chi connectivity index (χ2v) is 7.00. The Hall–Kier alpha value is -1.68. The molecule has 1 aliphatic rings. The van der Waals surface area contributed by atoms with E-state index in [-0.39, 0.29) is 11.7 Å². The molecular formula is C19H28N2O2. The summed E-state index contributed by atoms with van der Waals surface area (Å²) in [7, 11) is 0. The summed E-state index contributed by atoms with van der Waals surface area (Å²) in [6, 6.07) is 5.97. The Kier molecular flexibility index (Phi) is 5.94. The van der Waals surface area contributed by atoms with Gasteiger partial charge in [-0.2, -0.15) is 0 Å². The molecule has 1 saturated heterocycles. The molecule has 0 unspecified atom stereocenters. The van der Waals surface area contributed by atoms with Crippen molar-refractivity contribution < 1.29 is 9.59 Å². The largest absolute Gasteiger partial charge is 0.340 e. The van der Waals surface area contributed by atoms with Crippen molar-refractivity contribution in [3.8, 4) is 0 Å². The zero-order chi connectivity index (χ0) is 17.0. The van der Waals surface area contributed by atoms with E-state index >= 15 is 0 Å². The van der Waals surface area contributed by atoms with Gasteiger partial charge in [0.2, 0.25) is 5.91 Å². The van der Waals surface area contributed by atoms with Crippen molar-refractivity contribution in [1.82, 2.24) is 9.80 Å². The molecule has 0 aliphatic carbocycles. The number of nitrogens with zero attached hydrogens (tertiary/aromatic N) is 2. The summed E-state index contributed by atoms with van der Waals surface area (Å²) < 4.78 is 0. The fourth-order valence-electron chi connectivity index (χ4n) is 3.05. The van der Waals surface area contributed by atoms with Crippen LogP contribution in [0.4, 0.5) is 0 Å². The van der Waals surface area contributed by atoms with Crippen molar-refractivity contribution in [2.45, 2.75) is 34.1 Å². The molecule has 0 bridgehead atoms. The number of hydrogen-bond acceptors (Lipinski definition) is 3. The second kappa shape index (κ2) is 7.73. The summed E-state index contributed by atoms with van der Waals surface area (Å²) in [5, 5.41) is 0. The third-order valence-corrected chi connectivity index (χ3v) is 4.36. The Morgan fingerprint density at radius 3 is 2.30 bits per heavy atom. The molecule has 0 spiro atoms. The molecule has 1 aromatic rings. The van der Waals surface area contributed by atoms with Gasteiger partial charge in [0.1, 0.15) is 0 Å². The molecule has 0 atom stereocenters. The first-order chi connectivity index (χ1) is 10.9. The zero-order valence-electron chi connectivity index (χ0n) is 14.8. The van der Waals surface area contributed by atoms with Gasteiger partial charge in [0.25, 0.3) is 0 Å². The molecule has 1 fully saturated rings. The maximum Gasteiger partial charge on any atom is 0.222 e. The number of benzene rings is 1. The molecule has 1 heterocycles. The third-order valence-electron chi connectivity index (χ3n) is 4.36. The smallest absolute Gasteiger partial charge is 0.222 e. The highest BCUT2D eigenvalue weighted by Crippen LogP contribution is 2.13. The van der Waals surface area contributed by atoms with Crippen LogP contribution < -0.4 is 0 Å². The quantitative estimate of drug-likeness (QED) is 0.784. The third kappa shape index (κ3) is 4.90. The van der Waals surface area contributed by atoms with Gasteiger partial charge < -0.3 is 4.90 Å². The molecule has 0 N–H and O–H groups in total. The SMILES string of the molecule is Cc1ccc(C(=O)CN2CCN(C(=O)CC(C)C)CC2)c(C)c1. The number of Topliss-reactive ketones (excluding diaryl/α,β-unsaturated/α-hetero) is 1. The van der Waals surface area contributed by atoms with Crippen molar-refractivity contribution in [1.29, 1.82) is 0 Å². The lowest BCUT2D eigenvalue weighted by atomic mass is 10.0. The minimum Gasteiger partial charge on any atom is -0.340 e. The van der Waals surface area contributed by atoms with Gasteiger partial charge in [0.15, 0.2) is 5.78 Å². The van der Waals surface area contributed by atoms with Crippen LogP contribution in [0.15, 0.2) is 18.2 Å². The molecule has 0 saturated carbocycles. The lowest BCUT2D eigenvalue weighted by molar-refractivity contribution is -0.133. The van der Waals surface area contributed by atoms with E-state index in [9.17, 15) is 9.59 Å². The molecule has 1 aromatic carbocycles. The van der Waals surface area contributed by atoms with Gasteiger partial charge in [0.05, 0.1) is 6.54 Å². The molecule has 2 rings (SSSR count). The van der Waals surface area contributed by atoms with Gasteiger partial charge in [-0.15, -0.1) is 0 Å². The zero-order valence-corrected chi connectivity index (χ0v) is 14.8. The van der Waals surface area contributed by atoms with E-state index in [2.05, 4.69) is 24.8 Å². The van der Waals surface area contributed by atoms with Crippen molar-refractivity contribution in [3.05, 3.63) is 34.9 Å². The summed E-state index contributed by atoms with van der Waals surface area (Å²) in [4.78, 5) is 28.6. The van der Waals surface area contributed by atoms with Crippen molar-refractivity contribution in [3.63, 3.8) is 0 Å². The summed E-state index contributed by atoms with van der Waals surface area (Å²) in [6.07, 6.45) is 0.613. The van der Waals surface area contributed by atoms with Crippen LogP contribution in [0.25, 0.3) is 0 Å². The Balaban J connectivity index is 1.86. The maximum atomic E-state index is 12.5. The van der Waals surface area contributed by atoms with E-state index in [1.165, 1.54) is 5.56 Å². The Labute approximate surface area is 139 Å². The predicted molar refractivity (Wildman–Crippen MR) is 92.7 cm³/mol. The van der Waals surface area contributed by atoms with Crippen LogP contribution in [0.3, 0.4) is 0 Å². The highest BCUT2D eigenvalue weighted by molar-refractivity contribution is 5.99. The number of hydrogen-bond donors (Lipinski definition) is 0. The van der Waals surface area contributed by atoms with E-state index in [0.29, 0.717) is 18.9 Å².